The molecule has 0 atom stereocenters. The number of carbonyl (C=O) groups is 1. The summed E-state index contributed by atoms with van der Waals surface area (Å²) in [5, 5.41) is 0.802. The van der Waals surface area contributed by atoms with Crippen LogP contribution in [0.2, 0.25) is 0 Å². The number of carbonyl (C=O) groups excluding carboxylic acids is 1. The van der Waals surface area contributed by atoms with Crippen molar-refractivity contribution in [1.82, 2.24) is 4.31 Å². The van der Waals surface area contributed by atoms with Crippen LogP contribution in [0.3, 0.4) is 0 Å². The fourth-order valence-corrected chi connectivity index (χ4v) is 0.859. The lowest BCUT2D eigenvalue weighted by molar-refractivity contribution is -0.107. The fourth-order valence-electron chi connectivity index (χ4n) is 0.336. The maximum atomic E-state index is 10.7. The van der Waals surface area contributed by atoms with Gasteiger partial charge in [0, 0.05) is 12.5 Å². The van der Waals surface area contributed by atoms with Crippen LogP contribution in [0, 0.1) is 0 Å². The molecule has 0 saturated heterocycles. The minimum atomic E-state index is -3.39. The van der Waals surface area contributed by atoms with E-state index in [1.807, 2.05) is 0 Å². The lowest BCUT2D eigenvalue weighted by atomic mass is 10.7. The Bertz CT molecular complexity index is 219. The summed E-state index contributed by atoms with van der Waals surface area (Å²) in [6, 6.07) is 0. The molecule has 0 aromatic heterocycles. The van der Waals surface area contributed by atoms with Gasteiger partial charge in [0.25, 0.3) is 0 Å². The summed E-state index contributed by atoms with van der Waals surface area (Å²) >= 11 is 0. The average Bonchev–Trinajstić information content (AvgIpc) is 1.89. The zero-order chi connectivity index (χ0) is 8.20. The van der Waals surface area contributed by atoms with Gasteiger partial charge in [0.1, 0.15) is 6.29 Å². The number of hydrogen-bond donors (Lipinski definition) is 0. The molecule has 0 aromatic rings. The van der Waals surface area contributed by atoms with E-state index in [1.54, 1.807) is 0 Å². The van der Waals surface area contributed by atoms with E-state index in [1.165, 1.54) is 7.05 Å². The maximum absolute atomic E-state index is 10.7. The van der Waals surface area contributed by atoms with Gasteiger partial charge in [0.15, 0.2) is 0 Å². The van der Waals surface area contributed by atoms with Crippen LogP contribution < -0.4 is 0 Å². The van der Waals surface area contributed by atoms with Crippen LogP contribution in [-0.2, 0) is 14.8 Å². The molecule has 5 heteroatoms. The van der Waals surface area contributed by atoms with E-state index >= 15 is 0 Å². The molecule has 0 radical (unpaired) electrons. The number of aldehydes is 1. The van der Waals surface area contributed by atoms with E-state index in [4.69, 9.17) is 0 Å². The Morgan fingerprint density at radius 2 is 2.10 bits per heavy atom. The number of hydrogen-bond acceptors (Lipinski definition) is 3. The van der Waals surface area contributed by atoms with E-state index in [0.29, 0.717) is 6.29 Å². The van der Waals surface area contributed by atoms with Crippen LogP contribution >= 0.6 is 0 Å². The van der Waals surface area contributed by atoms with E-state index in [-0.39, 0.29) is 6.54 Å². The van der Waals surface area contributed by atoms with Crippen LogP contribution in [0.15, 0.2) is 12.0 Å². The highest BCUT2D eigenvalue weighted by Crippen LogP contribution is 1.95. The Morgan fingerprint density at radius 1 is 1.60 bits per heavy atom. The van der Waals surface area contributed by atoms with Crippen LogP contribution in [0.1, 0.15) is 0 Å². The van der Waals surface area contributed by atoms with Crippen LogP contribution in [-0.4, -0.2) is 32.6 Å². The van der Waals surface area contributed by atoms with Crippen LogP contribution in [0.4, 0.5) is 0 Å². The Morgan fingerprint density at radius 3 is 2.40 bits per heavy atom. The van der Waals surface area contributed by atoms with Crippen molar-refractivity contribution in [3.63, 3.8) is 0 Å². The summed E-state index contributed by atoms with van der Waals surface area (Å²) < 4.78 is 22.4. The lowest BCUT2D eigenvalue weighted by Crippen LogP contribution is -2.26. The van der Waals surface area contributed by atoms with E-state index in [0.717, 1.165) is 9.71 Å². The van der Waals surface area contributed by atoms with Gasteiger partial charge in [0.2, 0.25) is 10.0 Å². The first kappa shape index (κ1) is 9.32. The molecule has 0 spiro atoms. The minimum Gasteiger partial charge on any atom is -0.302 e. The van der Waals surface area contributed by atoms with Crippen molar-refractivity contribution in [2.75, 3.05) is 13.6 Å². The normalized spacial score (nSPS) is 11.4. The molecule has 0 heterocycles. The highest BCUT2D eigenvalue weighted by atomic mass is 32.2. The second-order valence-electron chi connectivity index (χ2n) is 1.66. The molecular formula is C5H9NO3S. The predicted octanol–water partition coefficient (Wildman–Crippen LogP) is -0.410. The molecule has 0 unspecified atom stereocenters. The molecule has 0 aromatic carbocycles. The summed E-state index contributed by atoms with van der Waals surface area (Å²) in [5.41, 5.74) is 0. The third kappa shape index (κ3) is 2.28. The maximum Gasteiger partial charge on any atom is 0.235 e. The van der Waals surface area contributed by atoms with Crippen molar-refractivity contribution in [1.29, 1.82) is 0 Å². The number of likely N-dealkylation sites (N-methyl/N-ethyl adjacent to an activating group) is 1. The molecule has 4 nitrogen and oxygen atoms in total. The monoisotopic (exact) mass is 163 g/mol. The SMILES string of the molecule is C=CS(=O)(=O)N(C)CC=O. The average molecular weight is 163 g/mol. The third-order valence-corrected chi connectivity index (χ3v) is 2.42. The van der Waals surface area contributed by atoms with Gasteiger partial charge in [-0.25, -0.2) is 8.42 Å². The predicted molar refractivity (Wildman–Crippen MR) is 37.8 cm³/mol. The molecule has 58 valence electrons. The van der Waals surface area contributed by atoms with Gasteiger partial charge in [-0.05, 0) is 0 Å². The molecule has 0 N–H and O–H groups in total. The molecule has 0 aliphatic carbocycles. The molecule has 0 amide bonds. The quantitative estimate of drug-likeness (QED) is 0.529. The summed E-state index contributed by atoms with van der Waals surface area (Å²) in [6.07, 6.45) is 0.515. The Kier molecular flexibility index (Phi) is 3.24. The molecule has 0 aliphatic rings. The summed E-state index contributed by atoms with van der Waals surface area (Å²) in [7, 11) is -2.08. The first-order valence-corrected chi connectivity index (χ1v) is 4.07. The van der Waals surface area contributed by atoms with Crippen molar-refractivity contribution in [2.24, 2.45) is 0 Å². The van der Waals surface area contributed by atoms with Crippen molar-refractivity contribution in [2.45, 2.75) is 0 Å². The molecular weight excluding hydrogens is 154 g/mol. The molecule has 0 bridgehead atoms. The highest BCUT2D eigenvalue weighted by Gasteiger charge is 2.10. The molecule has 0 aliphatic heterocycles. The number of sulfonamides is 1. The van der Waals surface area contributed by atoms with E-state index in [2.05, 4.69) is 6.58 Å². The first-order chi connectivity index (χ1) is 4.54. The zero-order valence-electron chi connectivity index (χ0n) is 5.65. The molecule has 0 saturated carbocycles. The fraction of sp³-hybridized carbons (Fsp3) is 0.400. The minimum absolute atomic E-state index is 0.131. The highest BCUT2D eigenvalue weighted by molar-refractivity contribution is 7.92. The van der Waals surface area contributed by atoms with Gasteiger partial charge in [-0.3, -0.25) is 0 Å². The van der Waals surface area contributed by atoms with Gasteiger partial charge >= 0.3 is 0 Å². The standard InChI is InChI=1S/C5H9NO3S/c1-3-10(8,9)6(2)4-5-7/h3,5H,1,4H2,2H3. The molecule has 0 rings (SSSR count). The summed E-state index contributed by atoms with van der Waals surface area (Å²) in [5.74, 6) is 0. The van der Waals surface area contributed by atoms with Crippen molar-refractivity contribution < 1.29 is 13.2 Å². The van der Waals surface area contributed by atoms with E-state index in [9.17, 15) is 13.2 Å². The summed E-state index contributed by atoms with van der Waals surface area (Å²) in [4.78, 5) is 9.84. The summed E-state index contributed by atoms with van der Waals surface area (Å²) in [6.45, 7) is 2.96. The van der Waals surface area contributed by atoms with Crippen LogP contribution in [0.25, 0.3) is 0 Å². The van der Waals surface area contributed by atoms with E-state index < -0.39 is 10.0 Å². The number of nitrogens with zero attached hydrogens (tertiary/aromatic N) is 1. The van der Waals surface area contributed by atoms with Crippen molar-refractivity contribution in [3.8, 4) is 0 Å². The Labute approximate surface area is 60.2 Å². The first-order valence-electron chi connectivity index (χ1n) is 2.57. The van der Waals surface area contributed by atoms with Crippen LogP contribution in [0.5, 0.6) is 0 Å². The lowest BCUT2D eigenvalue weighted by Gasteiger charge is -2.08. The Balaban J connectivity index is 4.33. The van der Waals surface area contributed by atoms with Gasteiger partial charge < -0.3 is 4.79 Å². The van der Waals surface area contributed by atoms with Crippen molar-refractivity contribution in [3.05, 3.63) is 12.0 Å². The third-order valence-electron chi connectivity index (χ3n) is 0.977. The smallest absolute Gasteiger partial charge is 0.235 e. The molecule has 0 fully saturated rings. The number of rotatable bonds is 4. The van der Waals surface area contributed by atoms with Gasteiger partial charge in [-0.15, -0.1) is 0 Å². The second-order valence-corrected chi connectivity index (χ2v) is 3.65. The van der Waals surface area contributed by atoms with Crippen molar-refractivity contribution >= 4 is 16.3 Å². The van der Waals surface area contributed by atoms with Gasteiger partial charge in [-0.2, -0.15) is 4.31 Å². The Hall–Kier alpha value is -0.680. The molecule has 10 heavy (non-hydrogen) atoms. The largest absolute Gasteiger partial charge is 0.302 e. The topological polar surface area (TPSA) is 54.5 Å². The van der Waals surface area contributed by atoms with Gasteiger partial charge in [0.05, 0.1) is 6.54 Å². The zero-order valence-corrected chi connectivity index (χ0v) is 6.47. The van der Waals surface area contributed by atoms with Gasteiger partial charge in [-0.1, -0.05) is 6.58 Å². The second kappa shape index (κ2) is 3.48.